The number of carbonyl (C=O) groups is 1. The Hall–Kier alpha value is -0.320. The van der Waals surface area contributed by atoms with E-state index in [0.29, 0.717) is 36.3 Å². The van der Waals surface area contributed by atoms with Gasteiger partial charge in [-0.3, -0.25) is 4.79 Å². The van der Waals surface area contributed by atoms with E-state index in [-0.39, 0.29) is 18.3 Å². The summed E-state index contributed by atoms with van der Waals surface area (Å²) in [6.07, 6.45) is 8.75. The summed E-state index contributed by atoms with van der Waals surface area (Å²) < 4.78 is 5.36. The summed E-state index contributed by atoms with van der Waals surface area (Å²) in [6, 6.07) is 0.754. The number of nitrogens with one attached hydrogen (secondary N) is 1. The van der Waals surface area contributed by atoms with E-state index in [9.17, 15) is 4.79 Å². The van der Waals surface area contributed by atoms with Crippen molar-refractivity contribution >= 4 is 18.3 Å². The fourth-order valence-corrected chi connectivity index (χ4v) is 4.48. The molecule has 0 radical (unpaired) electrons. The van der Waals surface area contributed by atoms with E-state index in [1.807, 2.05) is 0 Å². The van der Waals surface area contributed by atoms with Crippen LogP contribution in [0.4, 0.5) is 0 Å². The first kappa shape index (κ1) is 17.0. The van der Waals surface area contributed by atoms with Crippen molar-refractivity contribution in [3.63, 3.8) is 0 Å². The van der Waals surface area contributed by atoms with Crippen LogP contribution in [0.2, 0.25) is 0 Å². The standard InChI is InChI=1S/C16H28N2O2.ClH/c17-14-9-12-2-1-3-13(10-14)16(12)18-15(19)8-11-4-6-20-7-5-11;/h11-14,16H,1-10,17H2,(H,18,19);1H. The monoisotopic (exact) mass is 316 g/mol. The highest BCUT2D eigenvalue weighted by Gasteiger charge is 2.39. The zero-order valence-electron chi connectivity index (χ0n) is 12.8. The summed E-state index contributed by atoms with van der Waals surface area (Å²) in [5.41, 5.74) is 6.14. The van der Waals surface area contributed by atoms with Gasteiger partial charge in [-0.1, -0.05) is 6.42 Å². The number of fused-ring (bicyclic) bond motifs is 2. The Morgan fingerprint density at radius 2 is 1.71 bits per heavy atom. The van der Waals surface area contributed by atoms with E-state index in [0.717, 1.165) is 38.9 Å². The van der Waals surface area contributed by atoms with Crippen LogP contribution in [0.1, 0.15) is 51.4 Å². The fraction of sp³-hybridized carbons (Fsp3) is 0.938. The zero-order chi connectivity index (χ0) is 13.9. The maximum Gasteiger partial charge on any atom is 0.220 e. The van der Waals surface area contributed by atoms with Gasteiger partial charge < -0.3 is 15.8 Å². The number of rotatable bonds is 3. The van der Waals surface area contributed by atoms with E-state index in [4.69, 9.17) is 10.5 Å². The summed E-state index contributed by atoms with van der Waals surface area (Å²) >= 11 is 0. The molecule has 3 N–H and O–H groups in total. The van der Waals surface area contributed by atoms with Gasteiger partial charge in [0.15, 0.2) is 0 Å². The molecule has 0 aromatic heterocycles. The summed E-state index contributed by atoms with van der Waals surface area (Å²) in [7, 11) is 0. The van der Waals surface area contributed by atoms with Gasteiger partial charge in [-0.25, -0.2) is 0 Å². The van der Waals surface area contributed by atoms with E-state index >= 15 is 0 Å². The van der Waals surface area contributed by atoms with Crippen LogP contribution in [-0.4, -0.2) is 31.2 Å². The first-order valence-electron chi connectivity index (χ1n) is 8.35. The molecule has 2 saturated carbocycles. The number of ether oxygens (including phenoxy) is 1. The van der Waals surface area contributed by atoms with E-state index in [1.165, 1.54) is 19.3 Å². The average molecular weight is 317 g/mol. The Labute approximate surface area is 134 Å². The first-order valence-corrected chi connectivity index (χ1v) is 8.35. The predicted molar refractivity (Wildman–Crippen MR) is 85.4 cm³/mol. The SMILES string of the molecule is Cl.NC1CC2CCCC(C1)C2NC(=O)CC1CCOCC1. The second-order valence-electron chi connectivity index (χ2n) is 7.04. The molecule has 3 aliphatic rings. The maximum absolute atomic E-state index is 12.3. The molecule has 2 aliphatic carbocycles. The van der Waals surface area contributed by atoms with Crippen LogP contribution >= 0.6 is 12.4 Å². The molecular formula is C16H29ClN2O2. The van der Waals surface area contributed by atoms with Gasteiger partial charge in [-0.15, -0.1) is 12.4 Å². The van der Waals surface area contributed by atoms with Gasteiger partial charge in [0.05, 0.1) is 0 Å². The van der Waals surface area contributed by atoms with Crippen LogP contribution in [0.5, 0.6) is 0 Å². The molecule has 1 amide bonds. The second-order valence-corrected chi connectivity index (χ2v) is 7.04. The summed E-state index contributed by atoms with van der Waals surface area (Å²) in [5.74, 6) is 2.02. The first-order chi connectivity index (χ1) is 9.72. The lowest BCUT2D eigenvalue weighted by Gasteiger charge is -2.45. The summed E-state index contributed by atoms with van der Waals surface area (Å²) in [4.78, 5) is 12.3. The quantitative estimate of drug-likeness (QED) is 0.839. The van der Waals surface area contributed by atoms with E-state index in [1.54, 1.807) is 0 Å². The predicted octanol–water partition coefficient (Wildman–Crippen LogP) is 2.25. The van der Waals surface area contributed by atoms with Crippen molar-refractivity contribution in [3.05, 3.63) is 0 Å². The number of halogens is 1. The number of nitrogens with two attached hydrogens (primary N) is 1. The van der Waals surface area contributed by atoms with Gasteiger partial charge in [0.1, 0.15) is 0 Å². The molecule has 3 rings (SSSR count). The Morgan fingerprint density at radius 3 is 2.33 bits per heavy atom. The fourth-order valence-electron chi connectivity index (χ4n) is 4.48. The molecule has 3 fully saturated rings. The van der Waals surface area contributed by atoms with Crippen molar-refractivity contribution in [1.82, 2.24) is 5.32 Å². The third-order valence-electron chi connectivity index (χ3n) is 5.52. The molecule has 122 valence electrons. The molecule has 2 unspecified atom stereocenters. The molecule has 4 nitrogen and oxygen atoms in total. The summed E-state index contributed by atoms with van der Waals surface area (Å²) in [6.45, 7) is 1.64. The largest absolute Gasteiger partial charge is 0.381 e. The van der Waals surface area contributed by atoms with Gasteiger partial charge >= 0.3 is 0 Å². The van der Waals surface area contributed by atoms with Crippen molar-refractivity contribution in [2.45, 2.75) is 63.5 Å². The minimum Gasteiger partial charge on any atom is -0.381 e. The minimum atomic E-state index is 0. The van der Waals surface area contributed by atoms with Crippen LogP contribution < -0.4 is 11.1 Å². The van der Waals surface area contributed by atoms with E-state index < -0.39 is 0 Å². The number of hydrogen-bond donors (Lipinski definition) is 2. The van der Waals surface area contributed by atoms with Crippen molar-refractivity contribution in [2.75, 3.05) is 13.2 Å². The average Bonchev–Trinajstić information content (AvgIpc) is 2.41. The molecule has 1 heterocycles. The molecule has 0 spiro atoms. The zero-order valence-corrected chi connectivity index (χ0v) is 13.6. The van der Waals surface area contributed by atoms with Crippen molar-refractivity contribution in [3.8, 4) is 0 Å². The lowest BCUT2D eigenvalue weighted by Crippen LogP contribution is -2.53. The topological polar surface area (TPSA) is 64.3 Å². The Balaban J connectivity index is 0.00000161. The third kappa shape index (κ3) is 4.33. The van der Waals surface area contributed by atoms with Gasteiger partial charge in [-0.2, -0.15) is 0 Å². The third-order valence-corrected chi connectivity index (χ3v) is 5.52. The highest BCUT2D eigenvalue weighted by atomic mass is 35.5. The number of carbonyl (C=O) groups excluding carboxylic acids is 1. The van der Waals surface area contributed by atoms with Crippen molar-refractivity contribution in [2.24, 2.45) is 23.5 Å². The molecular weight excluding hydrogens is 288 g/mol. The van der Waals surface area contributed by atoms with Gasteiger partial charge in [-0.05, 0) is 56.3 Å². The van der Waals surface area contributed by atoms with Crippen LogP contribution in [0.15, 0.2) is 0 Å². The lowest BCUT2D eigenvalue weighted by molar-refractivity contribution is -0.125. The van der Waals surface area contributed by atoms with Crippen molar-refractivity contribution in [1.29, 1.82) is 0 Å². The van der Waals surface area contributed by atoms with Gasteiger partial charge in [0, 0.05) is 31.7 Å². The molecule has 5 heteroatoms. The Kier molecular flexibility index (Phi) is 6.33. The highest BCUT2D eigenvalue weighted by molar-refractivity contribution is 5.85. The van der Waals surface area contributed by atoms with Gasteiger partial charge in [0.2, 0.25) is 5.91 Å². The molecule has 21 heavy (non-hydrogen) atoms. The molecule has 2 atom stereocenters. The number of hydrogen-bond acceptors (Lipinski definition) is 3. The minimum absolute atomic E-state index is 0. The molecule has 0 aromatic carbocycles. The summed E-state index contributed by atoms with van der Waals surface area (Å²) in [5, 5.41) is 3.35. The highest BCUT2D eigenvalue weighted by Crippen LogP contribution is 2.39. The molecule has 1 aliphatic heterocycles. The molecule has 0 aromatic rings. The Morgan fingerprint density at radius 1 is 1.10 bits per heavy atom. The number of amides is 1. The van der Waals surface area contributed by atoms with Crippen LogP contribution in [0.25, 0.3) is 0 Å². The van der Waals surface area contributed by atoms with Crippen LogP contribution in [0.3, 0.4) is 0 Å². The van der Waals surface area contributed by atoms with Gasteiger partial charge in [0.25, 0.3) is 0 Å². The van der Waals surface area contributed by atoms with Crippen LogP contribution in [0, 0.1) is 17.8 Å². The second kappa shape index (κ2) is 7.80. The lowest BCUT2D eigenvalue weighted by atomic mass is 9.67. The maximum atomic E-state index is 12.3. The Bertz CT molecular complexity index is 333. The van der Waals surface area contributed by atoms with Crippen molar-refractivity contribution < 1.29 is 9.53 Å². The normalized spacial score (nSPS) is 36.6. The smallest absolute Gasteiger partial charge is 0.220 e. The van der Waals surface area contributed by atoms with Crippen LogP contribution in [-0.2, 0) is 9.53 Å². The molecule has 1 saturated heterocycles. The molecule has 2 bridgehead atoms. The van der Waals surface area contributed by atoms with E-state index in [2.05, 4.69) is 5.32 Å².